The molecule has 0 saturated heterocycles. The first-order valence-corrected chi connectivity index (χ1v) is 29.4. The van der Waals surface area contributed by atoms with E-state index < -0.39 is 63.6 Å². The number of hydrogen-bond acceptors (Lipinski definition) is 18. The first-order chi connectivity index (χ1) is 45.9. The van der Waals surface area contributed by atoms with Crippen molar-refractivity contribution in [3.05, 3.63) is 210 Å². The number of hydrogen-bond donors (Lipinski definition) is 2. The van der Waals surface area contributed by atoms with Crippen molar-refractivity contribution in [2.45, 2.75) is 33.4 Å². The van der Waals surface area contributed by atoms with E-state index in [1.165, 1.54) is 70.1 Å². The summed E-state index contributed by atoms with van der Waals surface area (Å²) in [5, 5.41) is 5.90. The smallest absolute Gasteiger partial charge is 0.335 e. The van der Waals surface area contributed by atoms with E-state index in [1.54, 1.807) is 59.3 Å². The first-order valence-electron chi connectivity index (χ1n) is 29.4. The molecule has 6 aromatic carbocycles. The van der Waals surface area contributed by atoms with Gasteiger partial charge in [-0.15, -0.1) is 0 Å². The molecule has 0 bridgehead atoms. The lowest BCUT2D eigenvalue weighted by atomic mass is 10.1. The Balaban J connectivity index is 0.000000193. The minimum absolute atomic E-state index is 0.0198. The minimum atomic E-state index is -0.923. The standard InChI is InChI=1S/C34H30F2N4O8.C33H28F2N4O8/c1-19(2)39-18-23(33(42)40(34(39)43)22-7-4-20(35)5-8-22)32(41)38-21-6-9-26(24(36)16-21)48-27-10-11-37-25-17-28(45-13-12-44-3)30-31(29(25)27)47-15-14-46-30;1-3-38-18-22(32(41)39(33(38)42)21-7-4-19(34)5-8-21)31(40)37-20-6-9-25(23(35)16-20)47-26-10-11-36-24-17-27(44-13-12-43-2)29-30(28(24)26)46-15-14-45-29/h4-11,16-19H,12-15H2,1-3H3,(H,38,41);4-11,16-18H,3,12-15H2,1-2H3,(H,37,40). The molecule has 0 fully saturated rings. The lowest BCUT2D eigenvalue weighted by molar-refractivity contribution is 0.101. The topological polar surface area (TPSA) is 264 Å². The van der Waals surface area contributed by atoms with Crippen LogP contribution in [0.2, 0.25) is 0 Å². The van der Waals surface area contributed by atoms with Crippen LogP contribution in [0, 0.1) is 23.3 Å². The Kier molecular flexibility index (Phi) is 19.5. The number of anilines is 2. The average Bonchev–Trinajstić information content (AvgIpc) is 0.797. The summed E-state index contributed by atoms with van der Waals surface area (Å²) in [5.41, 5.74) is -2.88. The van der Waals surface area contributed by atoms with Gasteiger partial charge in [-0.25, -0.2) is 36.3 Å². The fraction of sp³-hybridized carbons (Fsp3) is 0.224. The van der Waals surface area contributed by atoms with Crippen LogP contribution in [0.25, 0.3) is 33.2 Å². The van der Waals surface area contributed by atoms with Crippen molar-refractivity contribution < 1.29 is 74.5 Å². The zero-order valence-corrected chi connectivity index (χ0v) is 51.4. The summed E-state index contributed by atoms with van der Waals surface area (Å²) in [7, 11) is 3.12. The highest BCUT2D eigenvalue weighted by Crippen LogP contribution is 2.50. The van der Waals surface area contributed by atoms with E-state index in [0.29, 0.717) is 82.7 Å². The van der Waals surface area contributed by atoms with Crippen molar-refractivity contribution in [1.29, 1.82) is 0 Å². The summed E-state index contributed by atoms with van der Waals surface area (Å²) in [4.78, 5) is 88.0. The molecule has 6 heterocycles. The number of methoxy groups -OCH3 is 2. The van der Waals surface area contributed by atoms with Crippen molar-refractivity contribution >= 4 is 45.0 Å². The minimum Gasteiger partial charge on any atom is -0.487 e. The Labute approximate surface area is 535 Å². The molecular formula is C67H58F4N8O16. The van der Waals surface area contributed by atoms with E-state index in [0.717, 1.165) is 57.9 Å². The summed E-state index contributed by atoms with van der Waals surface area (Å²) >= 11 is 0. The van der Waals surface area contributed by atoms with E-state index >= 15 is 8.78 Å². The number of nitrogens with zero attached hydrogens (tertiary/aromatic N) is 6. The number of amides is 2. The number of benzene rings is 6. The summed E-state index contributed by atoms with van der Waals surface area (Å²) in [6.45, 7) is 7.62. The van der Waals surface area contributed by atoms with Gasteiger partial charge >= 0.3 is 11.4 Å². The third-order valence-corrected chi connectivity index (χ3v) is 14.6. The molecule has 2 amide bonds. The third kappa shape index (κ3) is 13.8. The van der Waals surface area contributed by atoms with Gasteiger partial charge in [-0.1, -0.05) is 0 Å². The molecular weight excluding hydrogens is 1250 g/mol. The zero-order valence-electron chi connectivity index (χ0n) is 51.4. The van der Waals surface area contributed by atoms with E-state index in [-0.39, 0.29) is 89.8 Å². The van der Waals surface area contributed by atoms with Crippen LogP contribution in [-0.4, -0.2) is 107 Å². The monoisotopic (exact) mass is 1310 g/mol. The molecule has 4 aromatic heterocycles. The Morgan fingerprint density at radius 3 is 1.35 bits per heavy atom. The molecule has 95 heavy (non-hydrogen) atoms. The molecule has 0 unspecified atom stereocenters. The van der Waals surface area contributed by atoms with Gasteiger partial charge in [-0.2, -0.15) is 0 Å². The second-order valence-corrected chi connectivity index (χ2v) is 21.1. The van der Waals surface area contributed by atoms with Crippen molar-refractivity contribution in [3.63, 3.8) is 0 Å². The summed E-state index contributed by atoms with van der Waals surface area (Å²) in [6, 6.07) is 22.9. The first kappa shape index (κ1) is 65.0. The van der Waals surface area contributed by atoms with Crippen LogP contribution < -0.4 is 71.0 Å². The highest BCUT2D eigenvalue weighted by molar-refractivity contribution is 6.05. The summed E-state index contributed by atoms with van der Waals surface area (Å²) < 4.78 is 119. The zero-order chi connectivity index (χ0) is 67.0. The van der Waals surface area contributed by atoms with Gasteiger partial charge in [0.1, 0.15) is 73.9 Å². The fourth-order valence-corrected chi connectivity index (χ4v) is 10.1. The molecule has 0 spiro atoms. The Morgan fingerprint density at radius 2 is 0.937 bits per heavy atom. The molecule has 2 aliphatic heterocycles. The molecule has 0 atom stereocenters. The molecule has 12 rings (SSSR count). The molecule has 28 heteroatoms. The van der Waals surface area contributed by atoms with E-state index in [1.807, 2.05) is 0 Å². The molecule has 24 nitrogen and oxygen atoms in total. The van der Waals surface area contributed by atoms with Crippen molar-refractivity contribution in [2.75, 3.05) is 77.7 Å². The van der Waals surface area contributed by atoms with Crippen LogP contribution in [0.15, 0.2) is 153 Å². The Bertz CT molecular complexity index is 4830. The summed E-state index contributed by atoms with van der Waals surface area (Å²) in [5.74, 6) is -2.15. The number of nitrogens with one attached hydrogen (secondary N) is 2. The number of fused-ring (bicyclic) bond motifs is 6. The molecule has 0 aliphatic carbocycles. The second-order valence-electron chi connectivity index (χ2n) is 21.1. The SMILES string of the molecule is CCn1cc(C(=O)Nc2ccc(Oc3ccnc4cc(OCCOC)c5c(c34)OCCO5)c(F)c2)c(=O)n(-c2ccc(F)cc2)c1=O.COCCOc1cc2nccc(Oc3ccc(NC(=O)c4cn(C(C)C)c(=O)n(-c5ccc(F)cc5)c4=O)cc3F)c2c2c1OCCO2. The number of aromatic nitrogens is 6. The molecule has 2 aliphatic rings. The number of pyridine rings is 2. The third-order valence-electron chi connectivity index (χ3n) is 14.6. The lowest BCUT2D eigenvalue weighted by Crippen LogP contribution is -2.42. The molecule has 490 valence electrons. The molecule has 2 N–H and O–H groups in total. The number of carbonyl (C=O) groups excluding carboxylic acids is 2. The van der Waals surface area contributed by atoms with Gasteiger partial charge in [-0.3, -0.25) is 38.3 Å². The van der Waals surface area contributed by atoms with E-state index in [9.17, 15) is 37.5 Å². The second kappa shape index (κ2) is 28.6. The van der Waals surface area contributed by atoms with E-state index in [4.69, 9.17) is 47.4 Å². The predicted octanol–water partition coefficient (Wildman–Crippen LogP) is 9.93. The van der Waals surface area contributed by atoms with Gasteiger partial charge in [0.15, 0.2) is 46.1 Å². The van der Waals surface area contributed by atoms with Crippen molar-refractivity contribution in [1.82, 2.24) is 28.2 Å². The van der Waals surface area contributed by atoms with Crippen LogP contribution in [-0.2, 0) is 16.0 Å². The molecule has 10 aromatic rings. The molecule has 0 saturated carbocycles. The van der Waals surface area contributed by atoms with Gasteiger partial charge in [0.2, 0.25) is 11.5 Å². The van der Waals surface area contributed by atoms with Gasteiger partial charge in [0.25, 0.3) is 22.9 Å². The summed E-state index contributed by atoms with van der Waals surface area (Å²) in [6.07, 6.45) is 5.26. The Hall–Kier alpha value is -11.5. The van der Waals surface area contributed by atoms with Crippen LogP contribution in [0.4, 0.5) is 28.9 Å². The average molecular weight is 1310 g/mol. The number of rotatable bonds is 20. The van der Waals surface area contributed by atoms with Gasteiger partial charge in [0.05, 0.1) is 46.4 Å². The maximum atomic E-state index is 15.5. The van der Waals surface area contributed by atoms with Gasteiger partial charge in [-0.05, 0) is 106 Å². The number of aryl methyl sites for hydroxylation is 1. The highest BCUT2D eigenvalue weighted by atomic mass is 19.1. The van der Waals surface area contributed by atoms with Crippen molar-refractivity contribution in [2.24, 2.45) is 0 Å². The normalized spacial score (nSPS) is 12.2. The number of halogens is 4. The predicted molar refractivity (Wildman–Crippen MR) is 338 cm³/mol. The van der Waals surface area contributed by atoms with Gasteiger partial charge < -0.3 is 58.0 Å². The van der Waals surface area contributed by atoms with Gasteiger partial charge in [0, 0.05) is 87.2 Å². The quantitative estimate of drug-likeness (QED) is 0.0531. The van der Waals surface area contributed by atoms with Crippen LogP contribution in [0.1, 0.15) is 47.5 Å². The maximum Gasteiger partial charge on any atom is 0.335 e. The largest absolute Gasteiger partial charge is 0.487 e. The fourth-order valence-electron chi connectivity index (χ4n) is 10.1. The van der Waals surface area contributed by atoms with Crippen molar-refractivity contribution in [3.8, 4) is 68.9 Å². The maximum absolute atomic E-state index is 15.5. The molecule has 0 radical (unpaired) electrons. The van der Waals surface area contributed by atoms with E-state index in [2.05, 4.69) is 20.6 Å². The Morgan fingerprint density at radius 1 is 0.516 bits per heavy atom. The number of ether oxygens (including phenoxy) is 10. The van der Waals surface area contributed by atoms with Crippen LogP contribution in [0.3, 0.4) is 0 Å². The van der Waals surface area contributed by atoms with Crippen LogP contribution >= 0.6 is 0 Å². The number of carbonyl (C=O) groups is 2. The van der Waals surface area contributed by atoms with Crippen LogP contribution in [0.5, 0.6) is 57.5 Å². The highest BCUT2D eigenvalue weighted by Gasteiger charge is 2.29. The lowest BCUT2D eigenvalue weighted by Gasteiger charge is -2.23.